The minimum Gasteiger partial charge on any atom is -0.505 e. The van der Waals surface area contributed by atoms with Gasteiger partial charge in [0.25, 0.3) is 0 Å². The molecule has 0 spiro atoms. The lowest BCUT2D eigenvalue weighted by atomic mass is 10.0. The van der Waals surface area contributed by atoms with Crippen LogP contribution in [0, 0.1) is 0 Å². The average Bonchev–Trinajstić information content (AvgIpc) is 3.08. The number of aromatic hydroxyl groups is 1. The molecule has 5 aromatic rings. The number of phenolic OH excluding ortho intramolecular Hbond substituents is 1. The van der Waals surface area contributed by atoms with Gasteiger partial charge in [-0.1, -0.05) is 30.3 Å². The predicted molar refractivity (Wildman–Crippen MR) is 175 cm³/mol. The van der Waals surface area contributed by atoms with Crippen LogP contribution in [0.5, 0.6) is 17.2 Å². The fourth-order valence-corrected chi connectivity index (χ4v) is 5.31. The maximum atomic E-state index is 12.3. The van der Waals surface area contributed by atoms with Gasteiger partial charge in [0, 0.05) is 10.9 Å². The number of para-hydroxylation sites is 1. The number of hydrogen-bond acceptors (Lipinski definition) is 13. The van der Waals surface area contributed by atoms with Crippen molar-refractivity contribution in [1.29, 1.82) is 0 Å². The molecule has 0 aliphatic carbocycles. The van der Waals surface area contributed by atoms with Crippen molar-refractivity contribution >= 4 is 49.3 Å². The zero-order valence-corrected chi connectivity index (χ0v) is 26.6. The van der Waals surface area contributed by atoms with Crippen LogP contribution >= 0.6 is 0 Å². The first-order valence-electron chi connectivity index (χ1n) is 14.1. The molecule has 4 N–H and O–H groups in total. The Hall–Kier alpha value is -4.78. The molecule has 0 amide bonds. The molecule has 0 radical (unpaired) electrons. The highest BCUT2D eigenvalue weighted by Crippen LogP contribution is 2.40. The molecule has 0 aromatic heterocycles. The fourth-order valence-electron chi connectivity index (χ4n) is 4.32. The van der Waals surface area contributed by atoms with Gasteiger partial charge in [-0.3, -0.25) is 24.3 Å². The van der Waals surface area contributed by atoms with Crippen molar-refractivity contribution in [2.24, 2.45) is 10.2 Å². The van der Waals surface area contributed by atoms with Gasteiger partial charge in [-0.05, 0) is 83.7 Å². The summed E-state index contributed by atoms with van der Waals surface area (Å²) in [5, 5.41) is 29.9. The summed E-state index contributed by atoms with van der Waals surface area (Å²) in [4.78, 5) is 10.2. The van der Waals surface area contributed by atoms with Crippen molar-refractivity contribution in [2.45, 2.75) is 18.1 Å². The molecule has 0 heterocycles. The molecule has 14 nitrogen and oxygen atoms in total. The van der Waals surface area contributed by atoms with E-state index in [0.29, 0.717) is 44.8 Å². The van der Waals surface area contributed by atoms with Gasteiger partial charge >= 0.3 is 10.4 Å². The van der Waals surface area contributed by atoms with E-state index in [1.54, 1.807) is 48.5 Å². The number of ether oxygens (including phenoxy) is 1. The lowest BCUT2D eigenvalue weighted by molar-refractivity contribution is -0.252. The molecule has 1 unspecified atom stereocenters. The molecule has 1 atom stereocenters. The van der Waals surface area contributed by atoms with E-state index in [0.717, 1.165) is 0 Å². The second-order valence-corrected chi connectivity index (χ2v) is 12.2. The Kier molecular flexibility index (Phi) is 11.8. The molecule has 0 fully saturated rings. The number of fused-ring (bicyclic) bond motifs is 1. The Morgan fingerprint density at radius 3 is 2.25 bits per heavy atom. The van der Waals surface area contributed by atoms with Crippen molar-refractivity contribution < 1.29 is 50.4 Å². The number of rotatable bonds is 16. The van der Waals surface area contributed by atoms with Crippen molar-refractivity contribution in [1.82, 2.24) is 0 Å². The average molecular weight is 696 g/mol. The van der Waals surface area contributed by atoms with E-state index in [-0.39, 0.29) is 36.2 Å². The molecular formula is C32H29N3O11S2. The summed E-state index contributed by atoms with van der Waals surface area (Å²) in [6.45, 7) is -0.961. The van der Waals surface area contributed by atoms with Crippen molar-refractivity contribution in [3.05, 3.63) is 114 Å². The minimum absolute atomic E-state index is 0.0456. The van der Waals surface area contributed by atoms with E-state index in [9.17, 15) is 17.7 Å². The largest absolute Gasteiger partial charge is 0.505 e. The highest BCUT2D eigenvalue weighted by atomic mass is 32.3. The molecule has 16 heteroatoms. The number of azo groups is 1. The molecular weight excluding hydrogens is 666 g/mol. The normalized spacial score (nSPS) is 12.4. The summed E-state index contributed by atoms with van der Waals surface area (Å²) in [6.07, 6.45) is 0. The highest BCUT2D eigenvalue weighted by Gasteiger charge is 2.15. The van der Waals surface area contributed by atoms with Crippen LogP contribution in [-0.4, -0.2) is 40.8 Å². The van der Waals surface area contributed by atoms with Gasteiger partial charge in [-0.15, -0.1) is 5.11 Å². The van der Waals surface area contributed by atoms with E-state index in [1.165, 1.54) is 24.3 Å². The molecule has 0 saturated heterocycles. The molecule has 0 saturated carbocycles. The number of hydrogen-bond donors (Lipinski definition) is 4. The van der Waals surface area contributed by atoms with Crippen LogP contribution in [0.4, 0.5) is 17.1 Å². The van der Waals surface area contributed by atoms with Crippen LogP contribution in [-0.2, 0) is 52.8 Å². The third-order valence-corrected chi connectivity index (χ3v) is 8.01. The van der Waals surface area contributed by atoms with E-state index in [2.05, 4.69) is 24.8 Å². The molecule has 0 aliphatic rings. The summed E-state index contributed by atoms with van der Waals surface area (Å²) in [5.41, 5.74) is 5.11. The predicted octanol–water partition coefficient (Wildman–Crippen LogP) is 7.15. The number of anilines is 1. The third kappa shape index (κ3) is 9.86. The van der Waals surface area contributed by atoms with E-state index in [1.807, 2.05) is 30.3 Å². The number of nitrogens with zero attached hydrogens (tertiary/aromatic N) is 2. The van der Waals surface area contributed by atoms with Gasteiger partial charge in [0.05, 0.1) is 29.5 Å². The van der Waals surface area contributed by atoms with E-state index in [4.69, 9.17) is 23.6 Å². The first kappa shape index (κ1) is 34.6. The fraction of sp³-hybridized carbons (Fsp3) is 0.125. The maximum absolute atomic E-state index is 12.3. The Morgan fingerprint density at radius 1 is 0.812 bits per heavy atom. The van der Waals surface area contributed by atoms with Crippen LogP contribution in [0.15, 0.2) is 118 Å². The van der Waals surface area contributed by atoms with Crippen molar-refractivity contribution in [3.8, 4) is 17.2 Å². The van der Waals surface area contributed by atoms with Crippen LogP contribution in [0.1, 0.15) is 11.1 Å². The summed E-state index contributed by atoms with van der Waals surface area (Å²) in [5.74, 6) is 1.20. The zero-order chi connectivity index (χ0) is 33.9. The molecule has 0 aliphatic heterocycles. The Bertz CT molecular complexity index is 1990. The first-order chi connectivity index (χ1) is 23.2. The molecule has 5 rings (SSSR count). The molecule has 5 aromatic carbocycles. The number of nitrogens with one attached hydrogen (secondary N) is 1. The lowest BCUT2D eigenvalue weighted by Crippen LogP contribution is -2.11. The van der Waals surface area contributed by atoms with Gasteiger partial charge in [-0.25, -0.2) is 13.3 Å². The summed E-state index contributed by atoms with van der Waals surface area (Å²) >= 11 is -1.94. The van der Waals surface area contributed by atoms with Crippen LogP contribution < -0.4 is 10.2 Å². The Labute approximate surface area is 277 Å². The van der Waals surface area contributed by atoms with Crippen molar-refractivity contribution in [2.75, 3.05) is 18.7 Å². The molecule has 250 valence electrons. The van der Waals surface area contributed by atoms with Gasteiger partial charge in [0.2, 0.25) is 0 Å². The summed E-state index contributed by atoms with van der Waals surface area (Å²) in [7, 11) is -4.62. The van der Waals surface area contributed by atoms with Crippen LogP contribution in [0.25, 0.3) is 10.8 Å². The maximum Gasteiger partial charge on any atom is 0.397 e. The quantitative estimate of drug-likeness (QED) is 0.0268. The van der Waals surface area contributed by atoms with E-state index < -0.39 is 28.1 Å². The van der Waals surface area contributed by atoms with Gasteiger partial charge < -0.3 is 9.84 Å². The van der Waals surface area contributed by atoms with Crippen molar-refractivity contribution in [3.63, 3.8) is 0 Å². The summed E-state index contributed by atoms with van der Waals surface area (Å²) in [6, 6.07) is 29.5. The second-order valence-electron chi connectivity index (χ2n) is 9.89. The van der Waals surface area contributed by atoms with Gasteiger partial charge in [0.15, 0.2) is 11.1 Å². The smallest absolute Gasteiger partial charge is 0.397 e. The first-order valence-corrected chi connectivity index (χ1v) is 16.6. The molecule has 48 heavy (non-hydrogen) atoms. The van der Waals surface area contributed by atoms with Crippen LogP contribution in [0.3, 0.4) is 0 Å². The number of phenols is 1. The second kappa shape index (κ2) is 16.4. The van der Waals surface area contributed by atoms with Gasteiger partial charge in [-0.2, -0.15) is 13.5 Å². The Balaban J connectivity index is 1.28. The standard InChI is InChI=1S/C32H29N3O11S2/c36-32-24(21-42-35-26-7-11-28(12-8-26)46-27-4-2-1-3-5-27)19-23-18-22(20-43-37)6-15-30(23)31(32)34-33-25-9-13-29(14-10-25)47(38)44-16-17-45-48(39,40)41/h1-15,18-19,35-37H,16-17,20-21H2,(H,39,40,41). The zero-order valence-electron chi connectivity index (χ0n) is 25.0. The lowest BCUT2D eigenvalue weighted by Gasteiger charge is -2.13. The third-order valence-electron chi connectivity index (χ3n) is 6.51. The molecule has 0 bridgehead atoms. The van der Waals surface area contributed by atoms with Gasteiger partial charge in [0.1, 0.15) is 36.1 Å². The topological polar surface area (TPSA) is 195 Å². The summed E-state index contributed by atoms with van der Waals surface area (Å²) < 4.78 is 57.0. The SMILES string of the molecule is O=S(OCCOS(=O)(=O)O)c1ccc(N=Nc2c(O)c(CONc3ccc(Oc4ccccc4)cc3)cc3cc(COO)ccc23)cc1. The Morgan fingerprint density at radius 2 is 1.54 bits per heavy atom. The van der Waals surface area contributed by atoms with E-state index >= 15 is 0 Å². The van der Waals surface area contributed by atoms with Crippen LogP contribution in [0.2, 0.25) is 0 Å². The monoisotopic (exact) mass is 695 g/mol. The number of benzene rings is 5. The highest BCUT2D eigenvalue weighted by molar-refractivity contribution is 7.81. The minimum atomic E-state index is -4.62.